The average Bonchev–Trinajstić information content (AvgIpc) is 2.42. The average molecular weight is 285 g/mol. The van der Waals surface area contributed by atoms with Crippen LogP contribution in [-0.2, 0) is 0 Å². The number of rotatable bonds is 4. The molecule has 4 nitrogen and oxygen atoms in total. The van der Waals surface area contributed by atoms with E-state index in [-0.39, 0.29) is 11.3 Å². The number of aromatic carboxylic acids is 1. The molecule has 0 atom stereocenters. The van der Waals surface area contributed by atoms with Crippen LogP contribution in [0.1, 0.15) is 41.3 Å². The zero-order valence-corrected chi connectivity index (χ0v) is 12.4. The highest BCUT2D eigenvalue weighted by molar-refractivity contribution is 5.95. The predicted octanol–water partition coefficient (Wildman–Crippen LogP) is 4.19. The zero-order valence-electron chi connectivity index (χ0n) is 12.4. The summed E-state index contributed by atoms with van der Waals surface area (Å²) in [5, 5.41) is 9.09. The number of benzene rings is 2. The first-order chi connectivity index (χ1) is 9.90. The first-order valence-corrected chi connectivity index (χ1v) is 6.80. The highest BCUT2D eigenvalue weighted by Crippen LogP contribution is 2.33. The molecule has 2 aromatic carbocycles. The minimum atomic E-state index is -1.06. The molecule has 0 saturated carbocycles. The van der Waals surface area contributed by atoms with E-state index in [4.69, 9.17) is 15.6 Å². The molecule has 2 aromatic rings. The number of carbonyl (C=O) groups is 1. The fraction of sp³-hybridized carbons (Fsp3) is 0.235. The topological polar surface area (TPSA) is 72.5 Å². The van der Waals surface area contributed by atoms with Gasteiger partial charge in [0, 0.05) is 0 Å². The molecule has 0 unspecified atom stereocenters. The lowest BCUT2D eigenvalue weighted by Crippen LogP contribution is -2.04. The molecule has 0 spiro atoms. The van der Waals surface area contributed by atoms with Crippen LogP contribution in [0.3, 0.4) is 0 Å². The highest BCUT2D eigenvalue weighted by Gasteiger charge is 2.13. The minimum absolute atomic E-state index is 0.0465. The van der Waals surface area contributed by atoms with Gasteiger partial charge in [0.25, 0.3) is 0 Å². The van der Waals surface area contributed by atoms with E-state index in [2.05, 4.69) is 19.9 Å². The van der Waals surface area contributed by atoms with Gasteiger partial charge in [-0.15, -0.1) is 0 Å². The number of aryl methyl sites for hydroxylation is 1. The smallest absolute Gasteiger partial charge is 0.337 e. The van der Waals surface area contributed by atoms with Crippen molar-refractivity contribution in [1.29, 1.82) is 0 Å². The maximum Gasteiger partial charge on any atom is 0.337 e. The van der Waals surface area contributed by atoms with Crippen LogP contribution >= 0.6 is 0 Å². The SMILES string of the molecule is Cc1ccc(C(C)C)cc1Oc1cccc(C(=O)O)c1N. The van der Waals surface area contributed by atoms with Crippen molar-refractivity contribution in [3.63, 3.8) is 0 Å². The standard InChI is InChI=1S/C17H19NO3/c1-10(2)12-8-7-11(3)15(9-12)21-14-6-4-5-13(16(14)18)17(19)20/h4-10H,18H2,1-3H3,(H,19,20). The van der Waals surface area contributed by atoms with Crippen molar-refractivity contribution in [1.82, 2.24) is 0 Å². The largest absolute Gasteiger partial charge is 0.478 e. The second-order valence-electron chi connectivity index (χ2n) is 5.30. The van der Waals surface area contributed by atoms with E-state index < -0.39 is 5.97 Å². The summed E-state index contributed by atoms with van der Waals surface area (Å²) in [6.07, 6.45) is 0. The van der Waals surface area contributed by atoms with Gasteiger partial charge < -0.3 is 15.6 Å². The van der Waals surface area contributed by atoms with Crippen LogP contribution in [0, 0.1) is 6.92 Å². The molecule has 0 radical (unpaired) electrons. The summed E-state index contributed by atoms with van der Waals surface area (Å²) >= 11 is 0. The number of hydrogen-bond acceptors (Lipinski definition) is 3. The molecule has 0 amide bonds. The minimum Gasteiger partial charge on any atom is -0.478 e. The van der Waals surface area contributed by atoms with Crippen LogP contribution in [0.2, 0.25) is 0 Å². The molecule has 21 heavy (non-hydrogen) atoms. The van der Waals surface area contributed by atoms with E-state index in [1.54, 1.807) is 12.1 Å². The van der Waals surface area contributed by atoms with Gasteiger partial charge >= 0.3 is 5.97 Å². The van der Waals surface area contributed by atoms with E-state index >= 15 is 0 Å². The van der Waals surface area contributed by atoms with E-state index in [0.717, 1.165) is 11.1 Å². The van der Waals surface area contributed by atoms with Crippen molar-refractivity contribution in [2.75, 3.05) is 5.73 Å². The third kappa shape index (κ3) is 3.16. The number of carboxylic acid groups (broad SMARTS) is 1. The van der Waals surface area contributed by atoms with Crippen LogP contribution in [0.5, 0.6) is 11.5 Å². The van der Waals surface area contributed by atoms with Crippen molar-refractivity contribution >= 4 is 11.7 Å². The Morgan fingerprint density at radius 3 is 2.52 bits per heavy atom. The molecule has 0 saturated heterocycles. The predicted molar refractivity (Wildman–Crippen MR) is 83.2 cm³/mol. The van der Waals surface area contributed by atoms with Crippen LogP contribution in [0.25, 0.3) is 0 Å². The van der Waals surface area contributed by atoms with Gasteiger partial charge in [-0.1, -0.05) is 32.0 Å². The normalized spacial score (nSPS) is 10.7. The number of ether oxygens (including phenoxy) is 1. The molecule has 0 aliphatic rings. The van der Waals surface area contributed by atoms with E-state index in [1.807, 2.05) is 19.1 Å². The van der Waals surface area contributed by atoms with Crippen molar-refractivity contribution in [2.24, 2.45) is 0 Å². The van der Waals surface area contributed by atoms with Crippen molar-refractivity contribution in [2.45, 2.75) is 26.7 Å². The lowest BCUT2D eigenvalue weighted by molar-refractivity contribution is 0.0697. The summed E-state index contributed by atoms with van der Waals surface area (Å²) in [6, 6.07) is 10.8. The van der Waals surface area contributed by atoms with E-state index in [0.29, 0.717) is 17.4 Å². The Hall–Kier alpha value is -2.49. The first-order valence-electron chi connectivity index (χ1n) is 6.80. The Kier molecular flexibility index (Phi) is 4.17. The molecule has 4 heteroatoms. The Bertz CT molecular complexity index is 678. The maximum atomic E-state index is 11.1. The fourth-order valence-corrected chi connectivity index (χ4v) is 2.02. The third-order valence-corrected chi connectivity index (χ3v) is 3.40. The zero-order chi connectivity index (χ0) is 15.6. The number of para-hydroxylation sites is 1. The monoisotopic (exact) mass is 285 g/mol. The van der Waals surface area contributed by atoms with E-state index in [9.17, 15) is 4.79 Å². The van der Waals surface area contributed by atoms with Crippen LogP contribution < -0.4 is 10.5 Å². The number of hydrogen-bond donors (Lipinski definition) is 2. The summed E-state index contributed by atoms with van der Waals surface area (Å²) in [4.78, 5) is 11.1. The van der Waals surface area contributed by atoms with E-state index in [1.165, 1.54) is 6.07 Å². The van der Waals surface area contributed by atoms with Gasteiger partial charge in [-0.3, -0.25) is 0 Å². The Morgan fingerprint density at radius 1 is 1.19 bits per heavy atom. The molecule has 3 N–H and O–H groups in total. The summed E-state index contributed by atoms with van der Waals surface area (Å²) in [7, 11) is 0. The number of carboxylic acids is 1. The van der Waals surface area contributed by atoms with Crippen LogP contribution in [0.15, 0.2) is 36.4 Å². The van der Waals surface area contributed by atoms with Crippen LogP contribution in [0.4, 0.5) is 5.69 Å². The van der Waals surface area contributed by atoms with Crippen molar-refractivity contribution in [3.05, 3.63) is 53.1 Å². The first kappa shape index (κ1) is 14.9. The number of nitrogens with two attached hydrogens (primary N) is 1. The summed E-state index contributed by atoms with van der Waals surface area (Å²) in [6.45, 7) is 6.15. The van der Waals surface area contributed by atoms with Crippen molar-refractivity contribution in [3.8, 4) is 11.5 Å². The molecular weight excluding hydrogens is 266 g/mol. The molecule has 0 aromatic heterocycles. The maximum absolute atomic E-state index is 11.1. The highest BCUT2D eigenvalue weighted by atomic mass is 16.5. The summed E-state index contributed by atoms with van der Waals surface area (Å²) in [5.74, 6) is 0.371. The molecule has 0 bridgehead atoms. The molecule has 0 aliphatic heterocycles. The van der Waals surface area contributed by atoms with Gasteiger partial charge in [-0.25, -0.2) is 4.79 Å². The quantitative estimate of drug-likeness (QED) is 0.826. The third-order valence-electron chi connectivity index (χ3n) is 3.40. The summed E-state index contributed by atoms with van der Waals surface area (Å²) in [5.41, 5.74) is 8.19. The lowest BCUT2D eigenvalue weighted by atomic mass is 10.0. The van der Waals surface area contributed by atoms with Crippen LogP contribution in [-0.4, -0.2) is 11.1 Å². The van der Waals surface area contributed by atoms with Gasteiger partial charge in [0.2, 0.25) is 0 Å². The molecular formula is C17H19NO3. The number of anilines is 1. The van der Waals surface area contributed by atoms with Gasteiger partial charge in [-0.2, -0.15) is 0 Å². The van der Waals surface area contributed by atoms with Gasteiger partial charge in [0.05, 0.1) is 11.3 Å². The number of nitrogen functional groups attached to an aromatic ring is 1. The Morgan fingerprint density at radius 2 is 1.90 bits per heavy atom. The van der Waals surface area contributed by atoms with Gasteiger partial charge in [-0.05, 0) is 42.2 Å². The second kappa shape index (κ2) is 5.87. The van der Waals surface area contributed by atoms with Crippen molar-refractivity contribution < 1.29 is 14.6 Å². The Balaban J connectivity index is 2.41. The molecule has 110 valence electrons. The van der Waals surface area contributed by atoms with Gasteiger partial charge in [0.1, 0.15) is 5.75 Å². The molecule has 0 fully saturated rings. The summed E-state index contributed by atoms with van der Waals surface area (Å²) < 4.78 is 5.83. The lowest BCUT2D eigenvalue weighted by Gasteiger charge is -2.14. The fourth-order valence-electron chi connectivity index (χ4n) is 2.02. The van der Waals surface area contributed by atoms with Gasteiger partial charge in [0.15, 0.2) is 5.75 Å². The Labute approximate surface area is 124 Å². The molecule has 0 heterocycles. The molecule has 0 aliphatic carbocycles. The molecule has 2 rings (SSSR count). The second-order valence-corrected chi connectivity index (χ2v) is 5.30.